The van der Waals surface area contributed by atoms with Crippen molar-refractivity contribution in [1.29, 1.82) is 0 Å². The summed E-state index contributed by atoms with van der Waals surface area (Å²) >= 11 is 0. The second-order valence-corrected chi connectivity index (χ2v) is 7.87. The molecule has 0 bridgehead atoms. The molecule has 27 heavy (non-hydrogen) atoms. The lowest BCUT2D eigenvalue weighted by molar-refractivity contribution is -0.0361. The van der Waals surface area contributed by atoms with Crippen LogP contribution >= 0.6 is 0 Å². The molecule has 1 N–H and O–H groups in total. The second kappa shape index (κ2) is 7.56. The monoisotopic (exact) mass is 371 g/mol. The van der Waals surface area contributed by atoms with Gasteiger partial charge >= 0.3 is 0 Å². The van der Waals surface area contributed by atoms with E-state index in [-0.39, 0.29) is 11.4 Å². The first-order valence-corrected chi connectivity index (χ1v) is 9.99. The van der Waals surface area contributed by atoms with Gasteiger partial charge in [0.25, 0.3) is 5.91 Å². The molecular formula is C20H29N5O2. The molecule has 0 spiro atoms. The van der Waals surface area contributed by atoms with E-state index in [4.69, 9.17) is 4.74 Å². The molecule has 0 radical (unpaired) electrons. The van der Waals surface area contributed by atoms with Crippen LogP contribution in [0.2, 0.25) is 0 Å². The number of ether oxygens (including phenoxy) is 1. The molecule has 7 heteroatoms. The maximum Gasteiger partial charge on any atom is 0.252 e. The minimum atomic E-state index is -0.0501. The van der Waals surface area contributed by atoms with Crippen molar-refractivity contribution in [1.82, 2.24) is 25.0 Å². The number of hydrogen-bond donors (Lipinski definition) is 1. The number of rotatable bonds is 4. The van der Waals surface area contributed by atoms with Crippen LogP contribution in [0.5, 0.6) is 0 Å². The van der Waals surface area contributed by atoms with Crippen LogP contribution in [0.4, 0.5) is 0 Å². The molecule has 0 atom stereocenters. The van der Waals surface area contributed by atoms with Gasteiger partial charge in [-0.3, -0.25) is 14.4 Å². The summed E-state index contributed by atoms with van der Waals surface area (Å²) in [7, 11) is 1.87. The zero-order valence-electron chi connectivity index (χ0n) is 16.3. The Balaban J connectivity index is 1.50. The molecule has 1 saturated carbocycles. The highest BCUT2D eigenvalue weighted by Gasteiger charge is 2.38. The van der Waals surface area contributed by atoms with Crippen LogP contribution in [0.15, 0.2) is 12.3 Å². The zero-order valence-corrected chi connectivity index (χ0v) is 16.3. The van der Waals surface area contributed by atoms with Gasteiger partial charge in [-0.25, -0.2) is 4.98 Å². The van der Waals surface area contributed by atoms with Crippen molar-refractivity contribution < 1.29 is 9.53 Å². The van der Waals surface area contributed by atoms with E-state index in [1.165, 1.54) is 19.3 Å². The highest BCUT2D eigenvalue weighted by Crippen LogP contribution is 2.34. The fraction of sp³-hybridized carbons (Fsp3) is 0.650. The molecule has 146 valence electrons. The van der Waals surface area contributed by atoms with Crippen molar-refractivity contribution in [2.24, 2.45) is 7.05 Å². The minimum Gasteiger partial charge on any atom is -0.379 e. The maximum absolute atomic E-state index is 12.9. The summed E-state index contributed by atoms with van der Waals surface area (Å²) in [5.74, 6) is -0.0501. The number of carbonyl (C=O) groups excluding carboxylic acids is 1. The molecule has 1 aliphatic carbocycles. The Morgan fingerprint density at radius 3 is 2.74 bits per heavy atom. The summed E-state index contributed by atoms with van der Waals surface area (Å²) in [5.41, 5.74) is 2.37. The Labute approximate surface area is 160 Å². The molecule has 2 fully saturated rings. The number of aryl methyl sites for hydroxylation is 2. The molecule has 0 unspecified atom stereocenters. The first kappa shape index (κ1) is 18.4. The third kappa shape index (κ3) is 3.58. The summed E-state index contributed by atoms with van der Waals surface area (Å²) in [5, 5.41) is 8.53. The lowest BCUT2D eigenvalue weighted by Crippen LogP contribution is -2.59. The quantitative estimate of drug-likeness (QED) is 0.890. The molecule has 2 aromatic heterocycles. The topological polar surface area (TPSA) is 72.3 Å². The van der Waals surface area contributed by atoms with Crippen molar-refractivity contribution in [3.8, 4) is 0 Å². The molecule has 1 aliphatic heterocycles. The third-order valence-corrected chi connectivity index (χ3v) is 6.17. The molecule has 2 aliphatic rings. The van der Waals surface area contributed by atoms with Gasteiger partial charge in [0, 0.05) is 43.8 Å². The summed E-state index contributed by atoms with van der Waals surface area (Å²) in [6.07, 6.45) is 7.70. The number of carbonyl (C=O) groups is 1. The van der Waals surface area contributed by atoms with E-state index in [2.05, 4.69) is 20.3 Å². The summed E-state index contributed by atoms with van der Waals surface area (Å²) in [6.45, 7) is 6.13. The second-order valence-electron chi connectivity index (χ2n) is 7.87. The number of amides is 1. The van der Waals surface area contributed by atoms with Gasteiger partial charge < -0.3 is 10.1 Å². The highest BCUT2D eigenvalue weighted by atomic mass is 16.5. The molecular weight excluding hydrogens is 342 g/mol. The number of hydrogen-bond acceptors (Lipinski definition) is 5. The van der Waals surface area contributed by atoms with Crippen LogP contribution in [-0.4, -0.2) is 64.0 Å². The van der Waals surface area contributed by atoms with Crippen molar-refractivity contribution in [2.45, 2.75) is 44.6 Å². The standard InChI is InChI=1S/C20H29N5O2/c1-15-17-12-16(13-21-18(17)24(2)23-15)19(26)22-14-20(6-4-3-5-7-20)25-8-10-27-11-9-25/h12-13H,3-11,14H2,1-2H3,(H,22,26). The Hall–Kier alpha value is -1.99. The number of morpholine rings is 1. The van der Waals surface area contributed by atoms with Crippen LogP contribution in [0.3, 0.4) is 0 Å². The number of nitrogens with zero attached hydrogens (tertiary/aromatic N) is 4. The average Bonchev–Trinajstić information content (AvgIpc) is 3.01. The number of fused-ring (bicyclic) bond motifs is 1. The van der Waals surface area contributed by atoms with E-state index in [0.29, 0.717) is 12.1 Å². The smallest absolute Gasteiger partial charge is 0.252 e. The van der Waals surface area contributed by atoms with E-state index < -0.39 is 0 Å². The van der Waals surface area contributed by atoms with Gasteiger partial charge in [0.2, 0.25) is 0 Å². The Bertz CT molecular complexity index is 819. The van der Waals surface area contributed by atoms with E-state index in [1.807, 2.05) is 20.0 Å². The van der Waals surface area contributed by atoms with Gasteiger partial charge in [0.1, 0.15) is 0 Å². The fourth-order valence-electron chi connectivity index (χ4n) is 4.63. The first-order valence-electron chi connectivity index (χ1n) is 9.99. The molecule has 3 heterocycles. The summed E-state index contributed by atoms with van der Waals surface area (Å²) in [4.78, 5) is 19.8. The lowest BCUT2D eigenvalue weighted by Gasteiger charge is -2.48. The molecule has 2 aromatic rings. The fourth-order valence-corrected chi connectivity index (χ4v) is 4.63. The van der Waals surface area contributed by atoms with Gasteiger partial charge in [-0.1, -0.05) is 19.3 Å². The van der Waals surface area contributed by atoms with Crippen molar-refractivity contribution in [2.75, 3.05) is 32.8 Å². The zero-order chi connectivity index (χ0) is 18.9. The van der Waals surface area contributed by atoms with Crippen LogP contribution in [0, 0.1) is 6.92 Å². The Kier molecular flexibility index (Phi) is 5.14. The predicted molar refractivity (Wildman–Crippen MR) is 104 cm³/mol. The molecule has 7 nitrogen and oxygen atoms in total. The van der Waals surface area contributed by atoms with E-state index in [1.54, 1.807) is 10.9 Å². The average molecular weight is 371 g/mol. The Morgan fingerprint density at radius 2 is 2.00 bits per heavy atom. The number of pyridine rings is 1. The van der Waals surface area contributed by atoms with Gasteiger partial charge in [-0.15, -0.1) is 0 Å². The third-order valence-electron chi connectivity index (χ3n) is 6.17. The normalized spacial score (nSPS) is 20.7. The van der Waals surface area contributed by atoms with E-state index in [0.717, 1.165) is 55.9 Å². The van der Waals surface area contributed by atoms with Gasteiger partial charge in [0.15, 0.2) is 5.65 Å². The molecule has 0 aromatic carbocycles. The van der Waals surface area contributed by atoms with Crippen LogP contribution in [0.1, 0.15) is 48.2 Å². The van der Waals surface area contributed by atoms with Crippen LogP contribution in [-0.2, 0) is 11.8 Å². The Morgan fingerprint density at radius 1 is 1.26 bits per heavy atom. The summed E-state index contributed by atoms with van der Waals surface area (Å²) < 4.78 is 7.29. The number of aromatic nitrogens is 3. The molecule has 1 amide bonds. The molecule has 1 saturated heterocycles. The number of nitrogens with one attached hydrogen (secondary N) is 1. The van der Waals surface area contributed by atoms with Crippen LogP contribution in [0.25, 0.3) is 11.0 Å². The highest BCUT2D eigenvalue weighted by molar-refractivity contribution is 5.97. The van der Waals surface area contributed by atoms with Gasteiger partial charge in [-0.05, 0) is 25.8 Å². The predicted octanol–water partition coefficient (Wildman–Crippen LogP) is 2.04. The summed E-state index contributed by atoms with van der Waals surface area (Å²) in [6, 6.07) is 1.91. The molecule has 4 rings (SSSR count). The van der Waals surface area contributed by atoms with E-state index >= 15 is 0 Å². The SMILES string of the molecule is Cc1nn(C)c2ncc(C(=O)NCC3(N4CCOCC4)CCCCC3)cc12. The van der Waals surface area contributed by atoms with Crippen molar-refractivity contribution in [3.05, 3.63) is 23.5 Å². The largest absolute Gasteiger partial charge is 0.379 e. The van der Waals surface area contributed by atoms with Gasteiger partial charge in [-0.2, -0.15) is 5.10 Å². The first-order chi connectivity index (χ1) is 13.1. The van der Waals surface area contributed by atoms with Crippen molar-refractivity contribution in [3.63, 3.8) is 0 Å². The van der Waals surface area contributed by atoms with Gasteiger partial charge in [0.05, 0.1) is 24.5 Å². The maximum atomic E-state index is 12.9. The lowest BCUT2D eigenvalue weighted by atomic mass is 9.79. The van der Waals surface area contributed by atoms with E-state index in [9.17, 15) is 4.79 Å². The van der Waals surface area contributed by atoms with Crippen molar-refractivity contribution >= 4 is 16.9 Å². The minimum absolute atomic E-state index is 0.0501. The van der Waals surface area contributed by atoms with Crippen LogP contribution < -0.4 is 5.32 Å².